The Morgan fingerprint density at radius 3 is 2.71 bits per heavy atom. The summed E-state index contributed by atoms with van der Waals surface area (Å²) in [4.78, 5) is 3.97. The molecule has 21 heavy (non-hydrogen) atoms. The summed E-state index contributed by atoms with van der Waals surface area (Å²) in [6.07, 6.45) is 3.48. The molecule has 0 fully saturated rings. The van der Waals surface area contributed by atoms with Crippen molar-refractivity contribution in [3.05, 3.63) is 59.9 Å². The second kappa shape index (κ2) is 8.64. The molecule has 2 N–H and O–H groups in total. The highest BCUT2D eigenvalue weighted by molar-refractivity contribution is 7.98. The number of nitrogens with zero attached hydrogens (tertiary/aromatic N) is 1. The summed E-state index contributed by atoms with van der Waals surface area (Å²) in [5.41, 5.74) is 3.71. The van der Waals surface area contributed by atoms with E-state index in [0.29, 0.717) is 5.11 Å². The summed E-state index contributed by atoms with van der Waals surface area (Å²) in [7, 11) is 0. The summed E-state index contributed by atoms with van der Waals surface area (Å²) in [5, 5.41) is 6.99. The van der Waals surface area contributed by atoms with Gasteiger partial charge in [0.25, 0.3) is 0 Å². The fourth-order valence-electron chi connectivity index (χ4n) is 1.80. The van der Waals surface area contributed by atoms with Crippen molar-refractivity contribution in [2.45, 2.75) is 12.7 Å². The molecule has 1 heterocycles. The van der Waals surface area contributed by atoms with E-state index in [2.05, 4.69) is 46.8 Å². The first kappa shape index (κ1) is 15.8. The maximum Gasteiger partial charge on any atom is 0.170 e. The number of pyridine rings is 1. The van der Waals surface area contributed by atoms with Crippen molar-refractivity contribution in [3.63, 3.8) is 0 Å². The van der Waals surface area contributed by atoms with Crippen molar-refractivity contribution < 1.29 is 0 Å². The lowest BCUT2D eigenvalue weighted by molar-refractivity contribution is 0.989. The molecule has 5 heteroatoms. The molecule has 3 nitrogen and oxygen atoms in total. The number of thioether (sulfide) groups is 1. The van der Waals surface area contributed by atoms with Crippen LogP contribution in [0.25, 0.3) is 0 Å². The fraction of sp³-hybridized carbons (Fsp3) is 0.250. The maximum atomic E-state index is 5.25. The van der Waals surface area contributed by atoms with Crippen molar-refractivity contribution in [2.75, 3.05) is 17.6 Å². The maximum absolute atomic E-state index is 5.25. The van der Waals surface area contributed by atoms with E-state index in [1.807, 2.05) is 23.9 Å². The number of thiocarbonyl (C=S) groups is 1. The van der Waals surface area contributed by atoms with Crippen LogP contribution < -0.4 is 10.6 Å². The van der Waals surface area contributed by atoms with Gasteiger partial charge in [-0.05, 0) is 42.4 Å². The first-order chi connectivity index (χ1) is 10.3. The second-order valence-corrected chi connectivity index (χ2v) is 6.11. The van der Waals surface area contributed by atoms with Crippen LogP contribution in [-0.2, 0) is 5.75 Å². The van der Waals surface area contributed by atoms with Crippen LogP contribution in [0.2, 0.25) is 0 Å². The highest BCUT2D eigenvalue weighted by Gasteiger charge is 1.99. The Kier molecular flexibility index (Phi) is 6.50. The lowest BCUT2D eigenvalue weighted by atomic mass is 10.1. The molecule has 0 radical (unpaired) electrons. The van der Waals surface area contributed by atoms with Gasteiger partial charge >= 0.3 is 0 Å². The van der Waals surface area contributed by atoms with Crippen LogP contribution >= 0.6 is 24.0 Å². The number of hydrogen-bond donors (Lipinski definition) is 2. The standard InChI is InChI=1S/C16H19N3S2/c1-13-4-2-3-5-14(13)12-21-11-10-18-16(20)19-15-6-8-17-9-7-15/h2-9H,10-12H2,1H3,(H2,17,18,19,20). The molecule has 1 aromatic carbocycles. The predicted octanol–water partition coefficient (Wildman–Crippen LogP) is 3.61. The zero-order chi connectivity index (χ0) is 14.9. The van der Waals surface area contributed by atoms with Crippen molar-refractivity contribution in [2.24, 2.45) is 0 Å². The van der Waals surface area contributed by atoms with Crippen LogP contribution in [0, 0.1) is 6.92 Å². The first-order valence-corrected chi connectivity index (χ1v) is 8.39. The zero-order valence-corrected chi connectivity index (χ0v) is 13.6. The highest BCUT2D eigenvalue weighted by Crippen LogP contribution is 2.15. The van der Waals surface area contributed by atoms with Crippen LogP contribution in [0.4, 0.5) is 5.69 Å². The van der Waals surface area contributed by atoms with Gasteiger partial charge in [-0.1, -0.05) is 24.3 Å². The smallest absolute Gasteiger partial charge is 0.170 e. The molecular weight excluding hydrogens is 298 g/mol. The second-order valence-electron chi connectivity index (χ2n) is 4.60. The van der Waals surface area contributed by atoms with Crippen LogP contribution in [0.1, 0.15) is 11.1 Å². The number of hydrogen-bond acceptors (Lipinski definition) is 3. The number of rotatable bonds is 6. The molecule has 0 spiro atoms. The average Bonchev–Trinajstić information content (AvgIpc) is 2.50. The van der Waals surface area contributed by atoms with Crippen molar-refractivity contribution in [3.8, 4) is 0 Å². The molecule has 110 valence electrons. The fourth-order valence-corrected chi connectivity index (χ4v) is 2.96. The molecule has 0 aliphatic heterocycles. The molecule has 0 aliphatic rings. The quantitative estimate of drug-likeness (QED) is 0.629. The molecule has 0 bridgehead atoms. The third-order valence-electron chi connectivity index (χ3n) is 2.99. The minimum Gasteiger partial charge on any atom is -0.362 e. The van der Waals surface area contributed by atoms with Crippen LogP contribution in [0.5, 0.6) is 0 Å². The van der Waals surface area contributed by atoms with Gasteiger partial charge in [0.05, 0.1) is 0 Å². The van der Waals surface area contributed by atoms with E-state index in [0.717, 1.165) is 23.7 Å². The van der Waals surface area contributed by atoms with Crippen molar-refractivity contribution >= 4 is 34.8 Å². The third-order valence-corrected chi connectivity index (χ3v) is 4.24. The monoisotopic (exact) mass is 317 g/mol. The Morgan fingerprint density at radius 1 is 1.19 bits per heavy atom. The largest absolute Gasteiger partial charge is 0.362 e. The van der Waals surface area contributed by atoms with E-state index in [1.54, 1.807) is 12.4 Å². The van der Waals surface area contributed by atoms with Crippen molar-refractivity contribution in [1.82, 2.24) is 10.3 Å². The third kappa shape index (κ3) is 5.73. The minimum absolute atomic E-state index is 0.651. The lowest BCUT2D eigenvalue weighted by Crippen LogP contribution is -2.30. The number of nitrogens with one attached hydrogen (secondary N) is 2. The van der Waals surface area contributed by atoms with Gasteiger partial charge in [0, 0.05) is 36.1 Å². The molecule has 0 saturated heterocycles. The minimum atomic E-state index is 0.651. The van der Waals surface area contributed by atoms with Gasteiger partial charge in [0.2, 0.25) is 0 Å². The van der Waals surface area contributed by atoms with Gasteiger partial charge in [0.15, 0.2) is 5.11 Å². The van der Waals surface area contributed by atoms with Crippen LogP contribution in [-0.4, -0.2) is 22.4 Å². The van der Waals surface area contributed by atoms with E-state index in [-0.39, 0.29) is 0 Å². The molecule has 0 aliphatic carbocycles. The normalized spacial score (nSPS) is 10.1. The molecule has 0 saturated carbocycles. The zero-order valence-electron chi connectivity index (χ0n) is 12.0. The molecule has 2 aromatic rings. The average molecular weight is 317 g/mol. The number of benzene rings is 1. The van der Waals surface area contributed by atoms with E-state index in [1.165, 1.54) is 11.1 Å². The topological polar surface area (TPSA) is 37.0 Å². The molecule has 0 amide bonds. The van der Waals surface area contributed by atoms with Gasteiger partial charge in [-0.3, -0.25) is 4.98 Å². The van der Waals surface area contributed by atoms with Crippen LogP contribution in [0.3, 0.4) is 0 Å². The SMILES string of the molecule is Cc1ccccc1CSCCNC(=S)Nc1ccncc1. The summed E-state index contributed by atoms with van der Waals surface area (Å²) < 4.78 is 0. The summed E-state index contributed by atoms with van der Waals surface area (Å²) in [6.45, 7) is 3.01. The van der Waals surface area contributed by atoms with Crippen LogP contribution in [0.15, 0.2) is 48.8 Å². The molecule has 0 atom stereocenters. The highest BCUT2D eigenvalue weighted by atomic mass is 32.2. The van der Waals surface area contributed by atoms with Gasteiger partial charge in [-0.25, -0.2) is 0 Å². The van der Waals surface area contributed by atoms with Gasteiger partial charge in [0.1, 0.15) is 0 Å². The number of aryl methyl sites for hydroxylation is 1. The number of anilines is 1. The first-order valence-electron chi connectivity index (χ1n) is 6.83. The Morgan fingerprint density at radius 2 is 1.95 bits per heavy atom. The lowest BCUT2D eigenvalue weighted by Gasteiger charge is -2.10. The van der Waals surface area contributed by atoms with Gasteiger partial charge in [-0.15, -0.1) is 0 Å². The van der Waals surface area contributed by atoms with E-state index in [9.17, 15) is 0 Å². The Hall–Kier alpha value is -1.59. The van der Waals surface area contributed by atoms with E-state index in [4.69, 9.17) is 12.2 Å². The van der Waals surface area contributed by atoms with Crippen molar-refractivity contribution in [1.29, 1.82) is 0 Å². The molecule has 0 unspecified atom stereocenters. The Balaban J connectivity index is 1.62. The van der Waals surface area contributed by atoms with E-state index >= 15 is 0 Å². The molecule has 2 rings (SSSR count). The Bertz CT molecular complexity index is 573. The summed E-state index contributed by atoms with van der Waals surface area (Å²) in [6, 6.07) is 12.3. The van der Waals surface area contributed by atoms with E-state index < -0.39 is 0 Å². The summed E-state index contributed by atoms with van der Waals surface area (Å²) >= 11 is 7.16. The summed E-state index contributed by atoms with van der Waals surface area (Å²) in [5.74, 6) is 2.06. The molecule has 1 aromatic heterocycles. The predicted molar refractivity (Wildman–Crippen MR) is 95.8 cm³/mol. The van der Waals surface area contributed by atoms with Gasteiger partial charge in [-0.2, -0.15) is 11.8 Å². The number of aromatic nitrogens is 1. The molecular formula is C16H19N3S2. The Labute approximate surface area is 135 Å². The van der Waals surface area contributed by atoms with Gasteiger partial charge < -0.3 is 10.6 Å².